The van der Waals surface area contributed by atoms with Gasteiger partial charge in [0, 0.05) is 10.4 Å². The van der Waals surface area contributed by atoms with Gasteiger partial charge >= 0.3 is 0 Å². The first-order valence-electron chi connectivity index (χ1n) is 7.00. The molecule has 1 aromatic heterocycles. The first-order chi connectivity index (χ1) is 9.49. The van der Waals surface area contributed by atoms with Crippen molar-refractivity contribution in [2.24, 2.45) is 5.41 Å². The first-order valence-corrected chi connectivity index (χ1v) is 7.79. The summed E-state index contributed by atoms with van der Waals surface area (Å²) in [5, 5.41) is 4.28. The number of nitrogen functional groups attached to an aromatic ring is 1. The summed E-state index contributed by atoms with van der Waals surface area (Å²) in [6.07, 6.45) is 3.62. The Morgan fingerprint density at radius 2 is 2.20 bits per heavy atom. The molecule has 20 heavy (non-hydrogen) atoms. The molecular formula is C16H19BrN2O. The van der Waals surface area contributed by atoms with Gasteiger partial charge in [-0.2, -0.15) is 0 Å². The molecule has 3 rings (SSSR count). The Bertz CT molecular complexity index is 633. The van der Waals surface area contributed by atoms with Crippen LogP contribution in [0.3, 0.4) is 0 Å². The minimum absolute atomic E-state index is 0.254. The van der Waals surface area contributed by atoms with Crippen molar-refractivity contribution in [2.75, 3.05) is 5.73 Å². The van der Waals surface area contributed by atoms with Crippen LogP contribution in [0.2, 0.25) is 0 Å². The van der Waals surface area contributed by atoms with Crippen molar-refractivity contribution in [3.8, 4) is 11.1 Å². The molecule has 1 aromatic carbocycles. The molecule has 3 nitrogen and oxygen atoms in total. The van der Waals surface area contributed by atoms with Crippen LogP contribution in [0.15, 0.2) is 33.3 Å². The van der Waals surface area contributed by atoms with E-state index in [1.54, 1.807) is 0 Å². The number of aromatic nitrogens is 1. The lowest BCUT2D eigenvalue weighted by atomic mass is 9.78. The van der Waals surface area contributed by atoms with Gasteiger partial charge in [0.15, 0.2) is 0 Å². The Balaban J connectivity index is 2.11. The molecule has 1 saturated carbocycles. The van der Waals surface area contributed by atoms with Crippen molar-refractivity contribution in [3.05, 3.63) is 34.4 Å². The van der Waals surface area contributed by atoms with Gasteiger partial charge in [0.2, 0.25) is 5.88 Å². The van der Waals surface area contributed by atoms with Crippen LogP contribution in [0.4, 0.5) is 5.88 Å². The summed E-state index contributed by atoms with van der Waals surface area (Å²) >= 11 is 3.51. The summed E-state index contributed by atoms with van der Waals surface area (Å²) in [6, 6.07) is 8.13. The van der Waals surface area contributed by atoms with Crippen molar-refractivity contribution in [1.29, 1.82) is 0 Å². The highest BCUT2D eigenvalue weighted by atomic mass is 79.9. The highest BCUT2D eigenvalue weighted by Gasteiger charge is 2.39. The second-order valence-corrected chi connectivity index (χ2v) is 7.17. The van der Waals surface area contributed by atoms with Gasteiger partial charge in [-0.15, -0.1) is 0 Å². The maximum absolute atomic E-state index is 6.04. The van der Waals surface area contributed by atoms with Crippen molar-refractivity contribution in [3.63, 3.8) is 0 Å². The Morgan fingerprint density at radius 3 is 2.85 bits per heavy atom. The Kier molecular flexibility index (Phi) is 3.36. The number of nitrogens with zero attached hydrogens (tertiary/aromatic N) is 1. The third-order valence-electron chi connectivity index (χ3n) is 4.45. The van der Waals surface area contributed by atoms with E-state index in [4.69, 9.17) is 10.3 Å². The normalized spacial score (nSPS) is 21.2. The summed E-state index contributed by atoms with van der Waals surface area (Å²) in [5.41, 5.74) is 9.34. The van der Waals surface area contributed by atoms with Gasteiger partial charge in [-0.05, 0) is 36.0 Å². The minimum atomic E-state index is 0.254. The fourth-order valence-corrected chi connectivity index (χ4v) is 3.72. The zero-order chi connectivity index (χ0) is 14.3. The van der Waals surface area contributed by atoms with Gasteiger partial charge < -0.3 is 10.3 Å². The molecule has 0 bridgehead atoms. The topological polar surface area (TPSA) is 52.0 Å². The summed E-state index contributed by atoms with van der Waals surface area (Å²) in [6.45, 7) is 4.61. The van der Waals surface area contributed by atoms with Crippen LogP contribution in [0.25, 0.3) is 11.1 Å². The number of nitrogens with two attached hydrogens (primary N) is 1. The van der Waals surface area contributed by atoms with Crippen LogP contribution < -0.4 is 5.73 Å². The van der Waals surface area contributed by atoms with E-state index in [1.807, 2.05) is 12.1 Å². The Labute approximate surface area is 127 Å². The standard InChI is InChI=1S/C16H19BrN2O/c1-16(2)8-4-7-12(16)14-13(15(18)20-19-14)10-5-3-6-11(17)9-10/h3,5-6,9,12H,4,7-8,18H2,1-2H3. The smallest absolute Gasteiger partial charge is 0.230 e. The van der Waals surface area contributed by atoms with E-state index < -0.39 is 0 Å². The molecule has 1 aliphatic rings. The average Bonchev–Trinajstić information content (AvgIpc) is 2.91. The molecule has 1 atom stereocenters. The zero-order valence-corrected chi connectivity index (χ0v) is 13.4. The summed E-state index contributed by atoms with van der Waals surface area (Å²) in [7, 11) is 0. The number of rotatable bonds is 2. The first kappa shape index (κ1) is 13.7. The third-order valence-corrected chi connectivity index (χ3v) is 4.94. The van der Waals surface area contributed by atoms with Crippen molar-refractivity contribution >= 4 is 21.8 Å². The van der Waals surface area contributed by atoms with E-state index in [1.165, 1.54) is 12.8 Å². The second kappa shape index (κ2) is 4.92. The molecule has 0 saturated heterocycles. The number of halogens is 1. The number of anilines is 1. The van der Waals surface area contributed by atoms with Gasteiger partial charge in [0.05, 0.1) is 11.3 Å². The predicted molar refractivity (Wildman–Crippen MR) is 84.4 cm³/mol. The van der Waals surface area contributed by atoms with Crippen LogP contribution in [0.1, 0.15) is 44.7 Å². The fraction of sp³-hybridized carbons (Fsp3) is 0.438. The lowest BCUT2D eigenvalue weighted by Gasteiger charge is -2.25. The van der Waals surface area contributed by atoms with Crippen LogP contribution in [0.5, 0.6) is 0 Å². The fourth-order valence-electron chi connectivity index (χ4n) is 3.32. The summed E-state index contributed by atoms with van der Waals surface area (Å²) in [4.78, 5) is 0. The van der Waals surface area contributed by atoms with Crippen LogP contribution in [0, 0.1) is 5.41 Å². The molecule has 0 spiro atoms. The van der Waals surface area contributed by atoms with E-state index in [0.717, 1.165) is 27.7 Å². The Hall–Kier alpha value is -1.29. The molecule has 4 heteroatoms. The van der Waals surface area contributed by atoms with Gasteiger partial charge in [0.1, 0.15) is 0 Å². The molecule has 2 aromatic rings. The van der Waals surface area contributed by atoms with Crippen molar-refractivity contribution in [1.82, 2.24) is 5.16 Å². The SMILES string of the molecule is CC1(C)CCCC1c1noc(N)c1-c1cccc(Br)c1. The second-order valence-electron chi connectivity index (χ2n) is 6.25. The van der Waals surface area contributed by atoms with Crippen LogP contribution in [-0.4, -0.2) is 5.16 Å². The van der Waals surface area contributed by atoms with Crippen molar-refractivity contribution < 1.29 is 4.52 Å². The molecule has 1 fully saturated rings. The summed E-state index contributed by atoms with van der Waals surface area (Å²) < 4.78 is 6.34. The maximum atomic E-state index is 6.04. The van der Waals surface area contributed by atoms with E-state index >= 15 is 0 Å². The minimum Gasteiger partial charge on any atom is -0.367 e. The lowest BCUT2D eigenvalue weighted by Crippen LogP contribution is -2.16. The van der Waals surface area contributed by atoms with E-state index in [-0.39, 0.29) is 5.41 Å². The van der Waals surface area contributed by atoms with Crippen LogP contribution in [-0.2, 0) is 0 Å². The molecule has 0 aliphatic heterocycles. The molecule has 1 heterocycles. The van der Waals surface area contributed by atoms with Gasteiger partial charge in [-0.3, -0.25) is 0 Å². The maximum Gasteiger partial charge on any atom is 0.230 e. The number of hydrogen-bond donors (Lipinski definition) is 1. The molecule has 0 amide bonds. The predicted octanol–water partition coefficient (Wildman–Crippen LogP) is 4.98. The van der Waals surface area contributed by atoms with Crippen molar-refractivity contribution in [2.45, 2.75) is 39.0 Å². The lowest BCUT2D eigenvalue weighted by molar-refractivity contribution is 0.314. The largest absolute Gasteiger partial charge is 0.367 e. The highest BCUT2D eigenvalue weighted by molar-refractivity contribution is 9.10. The monoisotopic (exact) mass is 334 g/mol. The molecular weight excluding hydrogens is 316 g/mol. The molecule has 1 unspecified atom stereocenters. The van der Waals surface area contributed by atoms with Gasteiger partial charge in [0.25, 0.3) is 0 Å². The average molecular weight is 335 g/mol. The van der Waals surface area contributed by atoms with Crippen LogP contribution >= 0.6 is 15.9 Å². The molecule has 1 aliphatic carbocycles. The van der Waals surface area contributed by atoms with Gasteiger partial charge in [-0.1, -0.05) is 53.5 Å². The zero-order valence-electron chi connectivity index (χ0n) is 11.8. The van der Waals surface area contributed by atoms with E-state index in [0.29, 0.717) is 11.8 Å². The number of benzene rings is 1. The Morgan fingerprint density at radius 1 is 1.40 bits per heavy atom. The quantitative estimate of drug-likeness (QED) is 0.842. The van der Waals surface area contributed by atoms with Gasteiger partial charge in [-0.25, -0.2) is 0 Å². The molecule has 0 radical (unpaired) electrons. The third kappa shape index (κ3) is 2.26. The number of hydrogen-bond acceptors (Lipinski definition) is 3. The van der Waals surface area contributed by atoms with E-state index in [9.17, 15) is 0 Å². The van der Waals surface area contributed by atoms with E-state index in [2.05, 4.69) is 47.1 Å². The molecule has 2 N–H and O–H groups in total. The molecule has 106 valence electrons. The summed E-state index contributed by atoms with van der Waals surface area (Å²) in [5.74, 6) is 0.832. The highest BCUT2D eigenvalue weighted by Crippen LogP contribution is 2.51.